The maximum atomic E-state index is 12.5. The molecule has 0 saturated heterocycles. The van der Waals surface area contributed by atoms with Gasteiger partial charge in [-0.2, -0.15) is 5.10 Å². The molecule has 7 heteroatoms. The van der Waals surface area contributed by atoms with Crippen LogP contribution in [0.2, 0.25) is 0 Å². The van der Waals surface area contributed by atoms with Crippen LogP contribution >= 0.6 is 0 Å². The molecule has 0 atom stereocenters. The Morgan fingerprint density at radius 1 is 1.33 bits per heavy atom. The lowest BCUT2D eigenvalue weighted by molar-refractivity contribution is 0.480. The molecule has 0 amide bonds. The summed E-state index contributed by atoms with van der Waals surface area (Å²) in [5.41, 5.74) is -0.799. The van der Waals surface area contributed by atoms with Gasteiger partial charge in [-0.15, -0.1) is 12.1 Å². The number of hydrogen-bond donors (Lipinski definition) is 0. The third-order valence-electron chi connectivity index (χ3n) is 2.58. The van der Waals surface area contributed by atoms with Gasteiger partial charge >= 0.3 is 6.98 Å². The fraction of sp³-hybridized carbons (Fsp3) is 0.0909. The SMILES string of the molecule is C=C(Cn1ncc(=O)c2ccccc21)[B-](F)(F)F. The van der Waals surface area contributed by atoms with Crippen molar-refractivity contribution in [2.75, 3.05) is 0 Å². The van der Waals surface area contributed by atoms with Crippen molar-refractivity contribution in [1.29, 1.82) is 0 Å². The summed E-state index contributed by atoms with van der Waals surface area (Å²) < 4.78 is 38.6. The number of halogens is 3. The Morgan fingerprint density at radius 3 is 2.67 bits per heavy atom. The maximum Gasteiger partial charge on any atom is 0.506 e. The van der Waals surface area contributed by atoms with Gasteiger partial charge in [0, 0.05) is 11.9 Å². The summed E-state index contributed by atoms with van der Waals surface area (Å²) in [5.74, 6) is 0. The Balaban J connectivity index is 2.50. The quantitative estimate of drug-likeness (QED) is 0.787. The zero-order valence-corrected chi connectivity index (χ0v) is 9.31. The molecule has 1 aromatic heterocycles. The largest absolute Gasteiger partial charge is 0.506 e. The van der Waals surface area contributed by atoms with Crippen LogP contribution in [0.15, 0.2) is 47.3 Å². The van der Waals surface area contributed by atoms with Gasteiger partial charge in [0.05, 0.1) is 11.7 Å². The predicted molar refractivity (Wildman–Crippen MR) is 64.2 cm³/mol. The zero-order chi connectivity index (χ0) is 13.3. The van der Waals surface area contributed by atoms with Crippen LogP contribution in [0.4, 0.5) is 12.9 Å². The van der Waals surface area contributed by atoms with Gasteiger partial charge in [0.25, 0.3) is 0 Å². The van der Waals surface area contributed by atoms with Gasteiger partial charge in [-0.1, -0.05) is 12.1 Å². The summed E-state index contributed by atoms with van der Waals surface area (Å²) in [4.78, 5) is 11.5. The molecule has 0 saturated carbocycles. The van der Waals surface area contributed by atoms with E-state index in [0.717, 1.165) is 10.9 Å². The van der Waals surface area contributed by atoms with Crippen LogP contribution < -0.4 is 5.43 Å². The molecule has 0 fully saturated rings. The Kier molecular flexibility index (Phi) is 2.98. The summed E-state index contributed by atoms with van der Waals surface area (Å²) in [6.07, 6.45) is 1.01. The van der Waals surface area contributed by atoms with E-state index >= 15 is 0 Å². The monoisotopic (exact) mass is 253 g/mol. The van der Waals surface area contributed by atoms with Crippen LogP contribution in [0.5, 0.6) is 0 Å². The highest BCUT2D eigenvalue weighted by atomic mass is 19.4. The molecule has 0 aliphatic heterocycles. The van der Waals surface area contributed by atoms with Gasteiger partial charge in [0.1, 0.15) is 0 Å². The van der Waals surface area contributed by atoms with Gasteiger partial charge in [0.15, 0.2) is 0 Å². The fourth-order valence-electron chi connectivity index (χ4n) is 1.58. The first kappa shape index (κ1) is 12.4. The minimum Gasteiger partial charge on any atom is -0.445 e. The van der Waals surface area contributed by atoms with E-state index in [2.05, 4.69) is 11.7 Å². The van der Waals surface area contributed by atoms with E-state index in [0.29, 0.717) is 10.9 Å². The topological polar surface area (TPSA) is 34.9 Å². The molecule has 0 radical (unpaired) electrons. The Morgan fingerprint density at radius 2 is 2.00 bits per heavy atom. The molecule has 0 unspecified atom stereocenters. The standard InChI is InChI=1S/C11H9BF3N2O/c1-8(12(13,14)15)7-17-10-5-3-2-4-9(10)11(18)6-16-17/h2-6H,1,7H2/q-1. The number of rotatable bonds is 3. The van der Waals surface area contributed by atoms with Crippen LogP contribution in [0.1, 0.15) is 0 Å². The number of fused-ring (bicyclic) bond motifs is 1. The number of hydrogen-bond acceptors (Lipinski definition) is 2. The smallest absolute Gasteiger partial charge is 0.445 e. The van der Waals surface area contributed by atoms with Crippen LogP contribution in [-0.2, 0) is 6.54 Å². The third kappa shape index (κ3) is 2.29. The van der Waals surface area contributed by atoms with Crippen LogP contribution in [0.3, 0.4) is 0 Å². The van der Waals surface area contributed by atoms with Gasteiger partial charge in [0.2, 0.25) is 5.43 Å². The van der Waals surface area contributed by atoms with E-state index in [4.69, 9.17) is 0 Å². The van der Waals surface area contributed by atoms with Crippen LogP contribution in [-0.4, -0.2) is 16.8 Å². The molecule has 94 valence electrons. The minimum atomic E-state index is -5.10. The summed E-state index contributed by atoms with van der Waals surface area (Å²) in [7, 11) is 0. The average Bonchev–Trinajstić information content (AvgIpc) is 2.32. The number of para-hydroxylation sites is 1. The molecule has 0 aliphatic carbocycles. The zero-order valence-electron chi connectivity index (χ0n) is 9.31. The van der Waals surface area contributed by atoms with Crippen molar-refractivity contribution in [3.05, 3.63) is 52.7 Å². The van der Waals surface area contributed by atoms with Gasteiger partial charge in [-0.25, -0.2) is 0 Å². The van der Waals surface area contributed by atoms with Crippen molar-refractivity contribution in [3.8, 4) is 0 Å². The number of nitrogens with zero attached hydrogens (tertiary/aromatic N) is 2. The van der Waals surface area contributed by atoms with E-state index in [1.165, 1.54) is 0 Å². The molecule has 1 aromatic carbocycles. The summed E-state index contributed by atoms with van der Waals surface area (Å²) in [6, 6.07) is 6.40. The molecule has 1 heterocycles. The lowest BCUT2D eigenvalue weighted by atomic mass is 9.80. The number of allylic oxidation sites excluding steroid dienone is 1. The lowest BCUT2D eigenvalue weighted by Crippen LogP contribution is -2.24. The molecule has 3 nitrogen and oxygen atoms in total. The first-order valence-corrected chi connectivity index (χ1v) is 5.22. The van der Waals surface area contributed by atoms with Crippen molar-refractivity contribution in [2.24, 2.45) is 0 Å². The highest BCUT2D eigenvalue weighted by Gasteiger charge is 2.27. The fourth-order valence-corrected chi connectivity index (χ4v) is 1.58. The second-order valence-corrected chi connectivity index (χ2v) is 3.92. The molecule has 2 rings (SSSR count). The molecule has 0 N–H and O–H groups in total. The highest BCUT2D eigenvalue weighted by molar-refractivity contribution is 6.66. The lowest BCUT2D eigenvalue weighted by Gasteiger charge is -2.19. The first-order chi connectivity index (χ1) is 8.39. The van der Waals surface area contributed by atoms with Crippen LogP contribution in [0, 0.1) is 0 Å². The second kappa shape index (κ2) is 4.32. The van der Waals surface area contributed by atoms with Gasteiger partial charge in [-0.05, 0) is 12.1 Å². The average molecular weight is 253 g/mol. The number of aromatic nitrogens is 2. The third-order valence-corrected chi connectivity index (χ3v) is 2.58. The minimum absolute atomic E-state index is 0.315. The summed E-state index contributed by atoms with van der Waals surface area (Å²) in [6.45, 7) is -2.56. The van der Waals surface area contributed by atoms with Gasteiger partial charge in [-0.3, -0.25) is 9.48 Å². The van der Waals surface area contributed by atoms with Crippen molar-refractivity contribution < 1.29 is 12.9 Å². The molecular weight excluding hydrogens is 244 g/mol. The van der Waals surface area contributed by atoms with Crippen molar-refractivity contribution in [2.45, 2.75) is 6.54 Å². The molecule has 2 aromatic rings. The molecule has 0 aliphatic rings. The van der Waals surface area contributed by atoms with Crippen molar-refractivity contribution >= 4 is 17.9 Å². The highest BCUT2D eigenvalue weighted by Crippen LogP contribution is 2.20. The predicted octanol–water partition coefficient (Wildman–Crippen LogP) is 2.34. The van der Waals surface area contributed by atoms with E-state index in [1.807, 2.05) is 0 Å². The second-order valence-electron chi connectivity index (χ2n) is 3.92. The molecule has 0 spiro atoms. The van der Waals surface area contributed by atoms with Gasteiger partial charge < -0.3 is 12.9 Å². The summed E-state index contributed by atoms with van der Waals surface area (Å²) in [5, 5.41) is 4.06. The molecular formula is C11H9BF3N2O-. The van der Waals surface area contributed by atoms with E-state index < -0.39 is 19.0 Å². The van der Waals surface area contributed by atoms with E-state index in [-0.39, 0.29) is 5.43 Å². The Labute approximate surface area is 101 Å². The van der Waals surface area contributed by atoms with Crippen LogP contribution in [0.25, 0.3) is 10.9 Å². The van der Waals surface area contributed by atoms with E-state index in [9.17, 15) is 17.7 Å². The van der Waals surface area contributed by atoms with Crippen molar-refractivity contribution in [1.82, 2.24) is 9.78 Å². The van der Waals surface area contributed by atoms with E-state index in [1.54, 1.807) is 24.3 Å². The molecule has 18 heavy (non-hydrogen) atoms. The number of benzene rings is 1. The first-order valence-electron chi connectivity index (χ1n) is 5.22. The maximum absolute atomic E-state index is 12.5. The summed E-state index contributed by atoms with van der Waals surface area (Å²) >= 11 is 0. The Hall–Kier alpha value is -2.05. The Bertz CT molecular complexity index is 663. The van der Waals surface area contributed by atoms with Crippen molar-refractivity contribution in [3.63, 3.8) is 0 Å². The normalized spacial score (nSPS) is 11.7. The molecule has 0 bridgehead atoms.